The van der Waals surface area contributed by atoms with Crippen LogP contribution in [-0.4, -0.2) is 28.8 Å². The van der Waals surface area contributed by atoms with Crippen molar-refractivity contribution in [3.05, 3.63) is 0 Å². The van der Waals surface area contributed by atoms with Crippen molar-refractivity contribution in [2.75, 3.05) is 6.54 Å². The first-order valence-corrected chi connectivity index (χ1v) is 5.63. The number of hydrogen-bond donors (Lipinski definition) is 3. The quantitative estimate of drug-likeness (QED) is 0.590. The van der Waals surface area contributed by atoms with Gasteiger partial charge in [0, 0.05) is 18.0 Å². The normalized spacial score (nSPS) is 40.7. The molecule has 0 amide bonds. The first kappa shape index (κ1) is 10.7. The summed E-state index contributed by atoms with van der Waals surface area (Å²) in [6.07, 6.45) is 2.10. The molecule has 3 atom stereocenters. The average molecular weight is 211 g/mol. The second-order valence-corrected chi connectivity index (χ2v) is 5.67. The lowest BCUT2D eigenvalue weighted by Gasteiger charge is -2.40. The minimum Gasteiger partial charge on any atom is -0.390 e. The molecule has 4 heteroatoms. The zero-order valence-electron chi connectivity index (χ0n) is 9.75. The molecule has 0 spiro atoms. The number of nitrogens with zero attached hydrogens (tertiary/aromatic N) is 1. The minimum atomic E-state index is -0.619. The fourth-order valence-electron chi connectivity index (χ4n) is 3.14. The van der Waals surface area contributed by atoms with Gasteiger partial charge in [-0.05, 0) is 39.5 Å². The fourth-order valence-corrected chi connectivity index (χ4v) is 3.14. The molecule has 2 rings (SSSR count). The van der Waals surface area contributed by atoms with Gasteiger partial charge in [-0.2, -0.15) is 0 Å². The molecule has 15 heavy (non-hydrogen) atoms. The molecule has 1 saturated carbocycles. The zero-order valence-corrected chi connectivity index (χ0v) is 9.75. The molecule has 1 fully saturated rings. The van der Waals surface area contributed by atoms with Gasteiger partial charge in [-0.15, -0.1) is 0 Å². The van der Waals surface area contributed by atoms with E-state index in [0.717, 1.165) is 19.4 Å². The lowest BCUT2D eigenvalue weighted by Crippen LogP contribution is -2.57. The maximum absolute atomic E-state index is 10.1. The lowest BCUT2D eigenvalue weighted by atomic mass is 9.77. The van der Waals surface area contributed by atoms with E-state index in [4.69, 9.17) is 5.73 Å². The van der Waals surface area contributed by atoms with Gasteiger partial charge in [0.05, 0.1) is 5.60 Å². The molecule has 0 aromatic heterocycles. The Hall–Kier alpha value is -0.770. The van der Waals surface area contributed by atoms with Crippen molar-refractivity contribution in [2.45, 2.75) is 44.8 Å². The molecule has 4 nitrogen and oxygen atoms in total. The Morgan fingerprint density at radius 3 is 2.87 bits per heavy atom. The molecule has 1 aliphatic carbocycles. The molecule has 4 N–H and O–H groups in total. The fraction of sp³-hybridized carbons (Fsp3) is 0.909. The summed E-state index contributed by atoms with van der Waals surface area (Å²) in [7, 11) is 0. The van der Waals surface area contributed by atoms with Crippen LogP contribution in [0.1, 0.15) is 33.6 Å². The summed E-state index contributed by atoms with van der Waals surface area (Å²) in [5.41, 5.74) is 5.11. The Balaban J connectivity index is 2.24. The largest absolute Gasteiger partial charge is 0.390 e. The number of fused-ring (bicyclic) bond motifs is 1. The molecule has 0 saturated heterocycles. The Bertz CT molecular complexity index is 295. The predicted molar refractivity (Wildman–Crippen MR) is 60.5 cm³/mol. The lowest BCUT2D eigenvalue weighted by molar-refractivity contribution is -0.00656. The van der Waals surface area contributed by atoms with Gasteiger partial charge in [-0.1, -0.05) is 0 Å². The maximum Gasteiger partial charge on any atom is 0.189 e. The van der Waals surface area contributed by atoms with Crippen LogP contribution in [0, 0.1) is 11.8 Å². The number of aliphatic imine (C=N–C) groups is 1. The van der Waals surface area contributed by atoms with Crippen molar-refractivity contribution in [1.29, 1.82) is 0 Å². The topological polar surface area (TPSA) is 70.6 Å². The van der Waals surface area contributed by atoms with Crippen LogP contribution >= 0.6 is 0 Å². The van der Waals surface area contributed by atoms with Crippen molar-refractivity contribution in [1.82, 2.24) is 5.32 Å². The van der Waals surface area contributed by atoms with E-state index in [-0.39, 0.29) is 5.54 Å². The van der Waals surface area contributed by atoms with E-state index in [1.54, 1.807) is 0 Å². The van der Waals surface area contributed by atoms with Crippen LogP contribution in [0.2, 0.25) is 0 Å². The number of nitrogens with two attached hydrogens (primary N) is 1. The Labute approximate surface area is 91.0 Å². The van der Waals surface area contributed by atoms with Crippen LogP contribution in [0.4, 0.5) is 0 Å². The molecule has 2 aliphatic rings. The molecule has 0 aromatic rings. The van der Waals surface area contributed by atoms with Crippen molar-refractivity contribution < 1.29 is 5.11 Å². The predicted octanol–water partition coefficient (Wildman–Crippen LogP) is 0.460. The maximum atomic E-state index is 10.1. The van der Waals surface area contributed by atoms with Gasteiger partial charge in [0.1, 0.15) is 0 Å². The Morgan fingerprint density at radius 2 is 2.27 bits per heavy atom. The molecule has 86 valence electrons. The smallest absolute Gasteiger partial charge is 0.189 e. The summed E-state index contributed by atoms with van der Waals surface area (Å²) in [5.74, 6) is 1.25. The molecule has 1 aliphatic heterocycles. The van der Waals surface area contributed by atoms with Crippen LogP contribution < -0.4 is 11.1 Å². The highest BCUT2D eigenvalue weighted by Crippen LogP contribution is 2.46. The van der Waals surface area contributed by atoms with E-state index in [2.05, 4.69) is 17.2 Å². The summed E-state index contributed by atoms with van der Waals surface area (Å²) >= 11 is 0. The average Bonchev–Trinajstić information content (AvgIpc) is 2.39. The van der Waals surface area contributed by atoms with E-state index in [0.29, 0.717) is 17.8 Å². The standard InChI is InChI=1S/C11H21N3O/c1-10(2,15)7-4-5-11(3)8(7)6-13-9(12)14-11/h7-8,15H,4-6H2,1-3H3,(H3,12,13,14)/t7-,8+,11-/m1/s1. The number of aliphatic hydroxyl groups is 1. The van der Waals surface area contributed by atoms with Crippen LogP contribution in [0.5, 0.6) is 0 Å². The summed E-state index contributed by atoms with van der Waals surface area (Å²) in [5, 5.41) is 13.4. The zero-order chi connectivity index (χ0) is 11.3. The number of guanidine groups is 1. The molecule has 0 unspecified atom stereocenters. The van der Waals surface area contributed by atoms with Gasteiger partial charge >= 0.3 is 0 Å². The molecular weight excluding hydrogens is 190 g/mol. The number of rotatable bonds is 1. The van der Waals surface area contributed by atoms with Crippen molar-refractivity contribution in [3.8, 4) is 0 Å². The highest BCUT2D eigenvalue weighted by atomic mass is 16.3. The van der Waals surface area contributed by atoms with Crippen molar-refractivity contribution in [3.63, 3.8) is 0 Å². The number of hydrogen-bond acceptors (Lipinski definition) is 4. The van der Waals surface area contributed by atoms with Gasteiger partial charge in [-0.3, -0.25) is 4.99 Å². The van der Waals surface area contributed by atoms with Crippen LogP contribution in [0.15, 0.2) is 4.99 Å². The van der Waals surface area contributed by atoms with Crippen LogP contribution in [-0.2, 0) is 0 Å². The monoisotopic (exact) mass is 211 g/mol. The number of nitrogens with one attached hydrogen (secondary N) is 1. The highest BCUT2D eigenvalue weighted by Gasteiger charge is 2.51. The van der Waals surface area contributed by atoms with E-state index in [1.165, 1.54) is 0 Å². The summed E-state index contributed by atoms with van der Waals surface area (Å²) < 4.78 is 0. The Morgan fingerprint density at radius 1 is 1.60 bits per heavy atom. The van der Waals surface area contributed by atoms with E-state index in [9.17, 15) is 5.11 Å². The summed E-state index contributed by atoms with van der Waals surface area (Å²) in [4.78, 5) is 4.25. The molecule has 0 aromatic carbocycles. The van der Waals surface area contributed by atoms with Crippen molar-refractivity contribution >= 4 is 5.96 Å². The third kappa shape index (κ3) is 1.71. The first-order valence-electron chi connectivity index (χ1n) is 5.63. The summed E-state index contributed by atoms with van der Waals surface area (Å²) in [6, 6.07) is 0. The van der Waals surface area contributed by atoms with Crippen molar-refractivity contribution in [2.24, 2.45) is 22.6 Å². The van der Waals surface area contributed by atoms with Crippen LogP contribution in [0.25, 0.3) is 0 Å². The van der Waals surface area contributed by atoms with Gasteiger partial charge in [0.25, 0.3) is 0 Å². The first-order chi connectivity index (χ1) is 6.83. The van der Waals surface area contributed by atoms with Crippen LogP contribution in [0.3, 0.4) is 0 Å². The third-order valence-electron chi connectivity index (χ3n) is 4.06. The van der Waals surface area contributed by atoms with Gasteiger partial charge < -0.3 is 16.2 Å². The SMILES string of the molecule is CC(C)(O)[C@@H]1CC[C@@]2(C)NC(N)=NC[C@@H]12. The van der Waals surface area contributed by atoms with E-state index >= 15 is 0 Å². The van der Waals surface area contributed by atoms with E-state index < -0.39 is 5.60 Å². The van der Waals surface area contributed by atoms with Gasteiger partial charge in [0.15, 0.2) is 5.96 Å². The van der Waals surface area contributed by atoms with Gasteiger partial charge in [0.2, 0.25) is 0 Å². The van der Waals surface area contributed by atoms with E-state index in [1.807, 2.05) is 13.8 Å². The Kier molecular flexibility index (Phi) is 2.23. The second kappa shape index (κ2) is 3.11. The summed E-state index contributed by atoms with van der Waals surface area (Å²) in [6.45, 7) is 6.71. The molecular formula is C11H21N3O. The minimum absolute atomic E-state index is 0.0243. The second-order valence-electron chi connectivity index (χ2n) is 5.67. The molecule has 0 bridgehead atoms. The third-order valence-corrected chi connectivity index (χ3v) is 4.06. The highest BCUT2D eigenvalue weighted by molar-refractivity contribution is 5.79. The molecule has 0 radical (unpaired) electrons. The molecule has 1 heterocycles. The van der Waals surface area contributed by atoms with Gasteiger partial charge in [-0.25, -0.2) is 0 Å².